The molecule has 1 rings (SSSR count). The molecule has 3 N–H and O–H groups in total. The van der Waals surface area contributed by atoms with Crippen molar-refractivity contribution in [2.45, 2.75) is 13.3 Å². The van der Waals surface area contributed by atoms with Crippen LogP contribution in [0.2, 0.25) is 0 Å². The number of nitrogens with one attached hydrogen (secondary N) is 2. The van der Waals surface area contributed by atoms with Crippen molar-refractivity contribution in [1.82, 2.24) is 9.97 Å². The quantitative estimate of drug-likeness (QED) is 0.650. The number of rotatable bonds is 5. The Hall–Kier alpha value is -1.85. The first-order valence-electron chi connectivity index (χ1n) is 4.61. The molecule has 1 aromatic heterocycles. The molecule has 0 aliphatic heterocycles. The van der Waals surface area contributed by atoms with Crippen LogP contribution in [0, 0.1) is 5.92 Å². The standard InChI is InChI=1S/C9H13N3O3/c1-6(9(14)15)2-3-10-7-4-8(13)12-5-11-7/h4-6H,2-3H2,1H3,(H,14,15)(H2,10,11,12,13). The first-order valence-corrected chi connectivity index (χ1v) is 4.61. The zero-order chi connectivity index (χ0) is 11.3. The average molecular weight is 211 g/mol. The summed E-state index contributed by atoms with van der Waals surface area (Å²) in [6, 6.07) is 1.32. The number of carbonyl (C=O) groups is 1. The number of H-pyrrole nitrogens is 1. The lowest BCUT2D eigenvalue weighted by molar-refractivity contribution is -0.141. The molecule has 1 unspecified atom stereocenters. The molecule has 1 aromatic rings. The summed E-state index contributed by atoms with van der Waals surface area (Å²) in [5.41, 5.74) is -0.237. The molecular formula is C9H13N3O3. The Bertz CT molecular complexity index is 388. The number of nitrogens with zero attached hydrogens (tertiary/aromatic N) is 1. The fraction of sp³-hybridized carbons (Fsp3) is 0.444. The van der Waals surface area contributed by atoms with E-state index in [0.29, 0.717) is 18.8 Å². The molecule has 0 spiro atoms. The SMILES string of the molecule is CC(CCNc1cc(=O)[nH]cn1)C(=O)O. The van der Waals surface area contributed by atoms with E-state index in [2.05, 4.69) is 15.3 Å². The van der Waals surface area contributed by atoms with E-state index in [-0.39, 0.29) is 5.56 Å². The number of aromatic amines is 1. The monoisotopic (exact) mass is 211 g/mol. The highest BCUT2D eigenvalue weighted by atomic mass is 16.4. The molecule has 0 aromatic carbocycles. The van der Waals surface area contributed by atoms with Gasteiger partial charge < -0.3 is 15.4 Å². The number of carboxylic acid groups (broad SMARTS) is 1. The Morgan fingerprint density at radius 1 is 1.73 bits per heavy atom. The maximum atomic E-state index is 10.9. The summed E-state index contributed by atoms with van der Waals surface area (Å²) in [7, 11) is 0. The first kappa shape index (κ1) is 11.2. The maximum absolute atomic E-state index is 10.9. The molecule has 1 atom stereocenters. The molecule has 6 nitrogen and oxygen atoms in total. The third-order valence-electron chi connectivity index (χ3n) is 1.98. The molecule has 0 aliphatic rings. The predicted molar refractivity (Wildman–Crippen MR) is 54.8 cm³/mol. The lowest BCUT2D eigenvalue weighted by atomic mass is 10.1. The van der Waals surface area contributed by atoms with Gasteiger partial charge in [0.05, 0.1) is 12.2 Å². The minimum atomic E-state index is -0.823. The minimum Gasteiger partial charge on any atom is -0.481 e. The summed E-state index contributed by atoms with van der Waals surface area (Å²) >= 11 is 0. The van der Waals surface area contributed by atoms with Crippen molar-refractivity contribution < 1.29 is 9.90 Å². The van der Waals surface area contributed by atoms with Gasteiger partial charge in [-0.05, 0) is 6.42 Å². The average Bonchev–Trinajstić information content (AvgIpc) is 2.17. The molecule has 0 aliphatic carbocycles. The highest BCUT2D eigenvalue weighted by molar-refractivity contribution is 5.69. The van der Waals surface area contributed by atoms with Crippen molar-refractivity contribution in [1.29, 1.82) is 0 Å². The van der Waals surface area contributed by atoms with E-state index in [9.17, 15) is 9.59 Å². The van der Waals surface area contributed by atoms with E-state index < -0.39 is 11.9 Å². The number of hydrogen-bond donors (Lipinski definition) is 3. The minimum absolute atomic E-state index is 0.237. The van der Waals surface area contributed by atoms with E-state index in [1.54, 1.807) is 6.92 Å². The van der Waals surface area contributed by atoms with Crippen LogP contribution in [0.5, 0.6) is 0 Å². The van der Waals surface area contributed by atoms with E-state index in [0.717, 1.165) is 0 Å². The summed E-state index contributed by atoms with van der Waals surface area (Å²) in [4.78, 5) is 27.6. The molecule has 1 heterocycles. The van der Waals surface area contributed by atoms with Crippen LogP contribution in [0.1, 0.15) is 13.3 Å². The van der Waals surface area contributed by atoms with E-state index in [1.807, 2.05) is 0 Å². The Kier molecular flexibility index (Phi) is 3.84. The molecule has 6 heteroatoms. The topological polar surface area (TPSA) is 95.1 Å². The molecule has 0 fully saturated rings. The molecule has 0 radical (unpaired) electrons. The van der Waals surface area contributed by atoms with Gasteiger partial charge in [0.1, 0.15) is 5.82 Å². The third-order valence-corrected chi connectivity index (χ3v) is 1.98. The van der Waals surface area contributed by atoms with E-state index >= 15 is 0 Å². The molecule has 0 bridgehead atoms. The Balaban J connectivity index is 2.38. The lowest BCUT2D eigenvalue weighted by Gasteiger charge is -2.07. The fourth-order valence-electron chi connectivity index (χ4n) is 1.01. The van der Waals surface area contributed by atoms with Crippen LogP contribution in [0.3, 0.4) is 0 Å². The number of aromatic nitrogens is 2. The highest BCUT2D eigenvalue weighted by Crippen LogP contribution is 2.02. The number of carboxylic acids is 1. The van der Waals surface area contributed by atoms with Crippen LogP contribution < -0.4 is 10.9 Å². The van der Waals surface area contributed by atoms with Crippen molar-refractivity contribution in [2.24, 2.45) is 5.92 Å². The second kappa shape index (κ2) is 5.14. The van der Waals surface area contributed by atoms with Gasteiger partial charge in [-0.15, -0.1) is 0 Å². The van der Waals surface area contributed by atoms with Gasteiger partial charge >= 0.3 is 5.97 Å². The summed E-state index contributed by atoms with van der Waals surface area (Å²) in [6.45, 7) is 2.11. The van der Waals surface area contributed by atoms with Crippen LogP contribution in [-0.2, 0) is 4.79 Å². The van der Waals surface area contributed by atoms with Crippen LogP contribution in [0.4, 0.5) is 5.82 Å². The highest BCUT2D eigenvalue weighted by Gasteiger charge is 2.09. The van der Waals surface area contributed by atoms with Crippen molar-refractivity contribution >= 4 is 11.8 Å². The summed E-state index contributed by atoms with van der Waals surface area (Å²) in [6.07, 6.45) is 1.79. The van der Waals surface area contributed by atoms with Crippen molar-refractivity contribution in [3.8, 4) is 0 Å². The smallest absolute Gasteiger partial charge is 0.306 e. The zero-order valence-corrected chi connectivity index (χ0v) is 8.36. The van der Waals surface area contributed by atoms with Crippen LogP contribution in [0.25, 0.3) is 0 Å². The number of hydrogen-bond acceptors (Lipinski definition) is 4. The molecule has 0 saturated carbocycles. The zero-order valence-electron chi connectivity index (χ0n) is 8.36. The van der Waals surface area contributed by atoms with Gasteiger partial charge in [-0.1, -0.05) is 6.92 Å². The van der Waals surface area contributed by atoms with Gasteiger partial charge in [-0.2, -0.15) is 0 Å². The van der Waals surface area contributed by atoms with Crippen LogP contribution in [0.15, 0.2) is 17.2 Å². The number of anilines is 1. The summed E-state index contributed by atoms with van der Waals surface area (Å²) in [5.74, 6) is -0.772. The van der Waals surface area contributed by atoms with Gasteiger partial charge in [0, 0.05) is 12.6 Å². The van der Waals surface area contributed by atoms with Crippen LogP contribution >= 0.6 is 0 Å². The van der Waals surface area contributed by atoms with Crippen molar-refractivity contribution in [2.75, 3.05) is 11.9 Å². The predicted octanol–water partition coefficient (Wildman–Crippen LogP) is 0.293. The van der Waals surface area contributed by atoms with Gasteiger partial charge in [0.25, 0.3) is 5.56 Å². The largest absolute Gasteiger partial charge is 0.481 e. The van der Waals surface area contributed by atoms with Crippen molar-refractivity contribution in [3.63, 3.8) is 0 Å². The summed E-state index contributed by atoms with van der Waals surface area (Å²) in [5, 5.41) is 11.5. The fourth-order valence-corrected chi connectivity index (χ4v) is 1.01. The van der Waals surface area contributed by atoms with Gasteiger partial charge in [0.15, 0.2) is 0 Å². The second-order valence-electron chi connectivity index (χ2n) is 3.25. The molecule has 0 saturated heterocycles. The van der Waals surface area contributed by atoms with Crippen molar-refractivity contribution in [3.05, 3.63) is 22.7 Å². The molecular weight excluding hydrogens is 198 g/mol. The van der Waals surface area contributed by atoms with E-state index in [4.69, 9.17) is 5.11 Å². The Labute approximate surface area is 86.4 Å². The first-order chi connectivity index (χ1) is 7.09. The number of aliphatic carboxylic acids is 1. The van der Waals surface area contributed by atoms with Crippen LogP contribution in [-0.4, -0.2) is 27.6 Å². The maximum Gasteiger partial charge on any atom is 0.306 e. The van der Waals surface area contributed by atoms with Gasteiger partial charge in [0.2, 0.25) is 0 Å². The lowest BCUT2D eigenvalue weighted by Crippen LogP contribution is -2.16. The van der Waals surface area contributed by atoms with Gasteiger partial charge in [-0.25, -0.2) is 4.98 Å². The Morgan fingerprint density at radius 2 is 2.47 bits per heavy atom. The second-order valence-corrected chi connectivity index (χ2v) is 3.25. The normalized spacial score (nSPS) is 12.1. The molecule has 15 heavy (non-hydrogen) atoms. The molecule has 0 amide bonds. The summed E-state index contributed by atoms with van der Waals surface area (Å²) < 4.78 is 0. The Morgan fingerprint density at radius 3 is 3.07 bits per heavy atom. The van der Waals surface area contributed by atoms with Gasteiger partial charge in [-0.3, -0.25) is 9.59 Å². The molecule has 82 valence electrons. The third kappa shape index (κ3) is 3.80. The van der Waals surface area contributed by atoms with E-state index in [1.165, 1.54) is 12.4 Å².